The molecule has 2 atom stereocenters. The zero-order chi connectivity index (χ0) is 18.8. The summed E-state index contributed by atoms with van der Waals surface area (Å²) in [5.41, 5.74) is 3.61. The number of ether oxygens (including phenoxy) is 2. The maximum Gasteiger partial charge on any atom is 0.253 e. The minimum atomic E-state index is -0.0395. The molecule has 2 unspecified atom stereocenters. The van der Waals surface area contributed by atoms with E-state index in [-0.39, 0.29) is 18.1 Å². The maximum atomic E-state index is 12.8. The maximum absolute atomic E-state index is 12.8. The van der Waals surface area contributed by atoms with Gasteiger partial charge in [-0.15, -0.1) is 11.3 Å². The fourth-order valence-corrected chi connectivity index (χ4v) is 4.51. The van der Waals surface area contributed by atoms with Gasteiger partial charge in [0.1, 0.15) is 0 Å². The van der Waals surface area contributed by atoms with E-state index in [1.165, 1.54) is 0 Å². The predicted molar refractivity (Wildman–Crippen MR) is 105 cm³/mol. The average molecular weight is 390 g/mol. The van der Waals surface area contributed by atoms with Gasteiger partial charge >= 0.3 is 0 Å². The molecule has 2 saturated heterocycles. The molecule has 2 aliphatic rings. The Morgan fingerprint density at radius 2 is 2.00 bits per heavy atom. The molecular formula is C20H27N3O3S. The summed E-state index contributed by atoms with van der Waals surface area (Å²) in [5.74, 6) is -0.0395. The lowest BCUT2D eigenvalue weighted by Crippen LogP contribution is -2.32. The van der Waals surface area contributed by atoms with Gasteiger partial charge in [-0.2, -0.15) is 0 Å². The Bertz CT molecular complexity index is 801. The standard InChI is InChI=1S/C20H27N3O3S/c1-13-17(20(24)21-10-15-5-3-7-25-15)9-19(18-12-27-14(2)22-18)23(13)11-16-6-4-8-26-16/h9,12,15-16H,3-8,10-11H2,1-2H3,(H,21,24). The summed E-state index contributed by atoms with van der Waals surface area (Å²) in [4.78, 5) is 17.5. The predicted octanol–water partition coefficient (Wildman–Crippen LogP) is 3.32. The Morgan fingerprint density at radius 3 is 2.63 bits per heavy atom. The van der Waals surface area contributed by atoms with Crippen molar-refractivity contribution < 1.29 is 14.3 Å². The van der Waals surface area contributed by atoms with Crippen LogP contribution in [0.2, 0.25) is 0 Å². The third-order valence-electron chi connectivity index (χ3n) is 5.42. The van der Waals surface area contributed by atoms with Crippen LogP contribution >= 0.6 is 11.3 Å². The van der Waals surface area contributed by atoms with Crippen molar-refractivity contribution in [1.82, 2.24) is 14.9 Å². The second-order valence-electron chi connectivity index (χ2n) is 7.37. The van der Waals surface area contributed by atoms with Crippen LogP contribution in [0.5, 0.6) is 0 Å². The number of rotatable bonds is 6. The molecule has 2 aliphatic heterocycles. The van der Waals surface area contributed by atoms with E-state index >= 15 is 0 Å². The molecule has 4 heterocycles. The molecule has 0 aromatic carbocycles. The van der Waals surface area contributed by atoms with Crippen molar-refractivity contribution in [1.29, 1.82) is 0 Å². The Kier molecular flexibility index (Phi) is 5.61. The minimum absolute atomic E-state index is 0.0395. The van der Waals surface area contributed by atoms with Crippen LogP contribution in [-0.4, -0.2) is 47.4 Å². The van der Waals surface area contributed by atoms with Gasteiger partial charge < -0.3 is 19.4 Å². The van der Waals surface area contributed by atoms with Crippen molar-refractivity contribution in [3.8, 4) is 11.4 Å². The third-order valence-corrected chi connectivity index (χ3v) is 6.19. The van der Waals surface area contributed by atoms with Crippen molar-refractivity contribution >= 4 is 17.2 Å². The number of amides is 1. The second-order valence-corrected chi connectivity index (χ2v) is 8.43. The van der Waals surface area contributed by atoms with Gasteiger partial charge in [0, 0.05) is 37.4 Å². The smallest absolute Gasteiger partial charge is 0.253 e. The SMILES string of the molecule is Cc1nc(-c2cc(C(=O)NCC3CCCO3)c(C)n2CC2CCCO2)cs1. The van der Waals surface area contributed by atoms with E-state index in [4.69, 9.17) is 9.47 Å². The van der Waals surface area contributed by atoms with Crippen molar-refractivity contribution in [2.45, 2.75) is 58.3 Å². The van der Waals surface area contributed by atoms with Crippen LogP contribution in [0.25, 0.3) is 11.4 Å². The number of nitrogens with zero attached hydrogens (tertiary/aromatic N) is 2. The first-order valence-corrected chi connectivity index (χ1v) is 10.6. The van der Waals surface area contributed by atoms with Crippen LogP contribution in [0.1, 0.15) is 46.7 Å². The molecule has 2 aromatic rings. The van der Waals surface area contributed by atoms with E-state index < -0.39 is 0 Å². The Hall–Kier alpha value is -1.70. The first-order valence-electron chi connectivity index (χ1n) is 9.76. The zero-order valence-electron chi connectivity index (χ0n) is 16.0. The van der Waals surface area contributed by atoms with Crippen LogP contribution in [-0.2, 0) is 16.0 Å². The van der Waals surface area contributed by atoms with Crippen LogP contribution < -0.4 is 5.32 Å². The molecule has 1 N–H and O–H groups in total. The van der Waals surface area contributed by atoms with Gasteiger partial charge in [-0.05, 0) is 45.6 Å². The normalized spacial score (nSPS) is 22.4. The second kappa shape index (κ2) is 8.12. The molecule has 146 valence electrons. The lowest BCUT2D eigenvalue weighted by Gasteiger charge is -2.16. The number of carbonyl (C=O) groups is 1. The highest BCUT2D eigenvalue weighted by molar-refractivity contribution is 7.09. The van der Waals surface area contributed by atoms with E-state index in [1.54, 1.807) is 11.3 Å². The van der Waals surface area contributed by atoms with Crippen molar-refractivity contribution in [3.05, 3.63) is 27.7 Å². The molecule has 7 heteroatoms. The minimum Gasteiger partial charge on any atom is -0.376 e. The lowest BCUT2D eigenvalue weighted by atomic mass is 10.2. The molecule has 0 radical (unpaired) electrons. The lowest BCUT2D eigenvalue weighted by molar-refractivity contribution is 0.0855. The molecule has 0 aliphatic carbocycles. The monoisotopic (exact) mass is 389 g/mol. The van der Waals surface area contributed by atoms with E-state index in [0.717, 1.165) is 67.5 Å². The van der Waals surface area contributed by atoms with Crippen molar-refractivity contribution in [3.63, 3.8) is 0 Å². The Labute approximate surface area is 163 Å². The van der Waals surface area contributed by atoms with Crippen LogP contribution in [0, 0.1) is 13.8 Å². The molecule has 0 saturated carbocycles. The number of aromatic nitrogens is 2. The Morgan fingerprint density at radius 1 is 1.26 bits per heavy atom. The van der Waals surface area contributed by atoms with Crippen LogP contribution in [0.15, 0.2) is 11.4 Å². The zero-order valence-corrected chi connectivity index (χ0v) is 16.8. The van der Waals surface area contributed by atoms with Crippen LogP contribution in [0.4, 0.5) is 0 Å². The number of carbonyl (C=O) groups excluding carboxylic acids is 1. The largest absolute Gasteiger partial charge is 0.376 e. The van der Waals surface area contributed by atoms with Gasteiger partial charge in [0.25, 0.3) is 5.91 Å². The number of thiazole rings is 1. The fraction of sp³-hybridized carbons (Fsp3) is 0.600. The van der Waals surface area contributed by atoms with E-state index in [0.29, 0.717) is 12.1 Å². The van der Waals surface area contributed by atoms with Gasteiger partial charge in [0.2, 0.25) is 0 Å². The van der Waals surface area contributed by atoms with Gasteiger partial charge in [0.05, 0.1) is 34.2 Å². The van der Waals surface area contributed by atoms with Gasteiger partial charge in [-0.3, -0.25) is 4.79 Å². The highest BCUT2D eigenvalue weighted by atomic mass is 32.1. The highest BCUT2D eigenvalue weighted by Gasteiger charge is 2.24. The first kappa shape index (κ1) is 18.7. The topological polar surface area (TPSA) is 65.4 Å². The molecule has 2 aromatic heterocycles. The molecular weight excluding hydrogens is 362 g/mol. The summed E-state index contributed by atoms with van der Waals surface area (Å²) < 4.78 is 13.7. The highest BCUT2D eigenvalue weighted by Crippen LogP contribution is 2.29. The van der Waals surface area contributed by atoms with Gasteiger partial charge in [0.15, 0.2) is 0 Å². The van der Waals surface area contributed by atoms with Crippen molar-refractivity contribution in [2.24, 2.45) is 0 Å². The molecule has 6 nitrogen and oxygen atoms in total. The number of hydrogen-bond acceptors (Lipinski definition) is 5. The fourth-order valence-electron chi connectivity index (χ4n) is 3.90. The third kappa shape index (κ3) is 4.10. The van der Waals surface area contributed by atoms with E-state index in [2.05, 4.69) is 20.2 Å². The molecule has 27 heavy (non-hydrogen) atoms. The van der Waals surface area contributed by atoms with E-state index in [1.807, 2.05) is 19.9 Å². The average Bonchev–Trinajstić information content (AvgIpc) is 3.43. The number of hydrogen-bond donors (Lipinski definition) is 1. The van der Waals surface area contributed by atoms with E-state index in [9.17, 15) is 4.79 Å². The van der Waals surface area contributed by atoms with Crippen molar-refractivity contribution in [2.75, 3.05) is 19.8 Å². The number of nitrogens with one attached hydrogen (secondary N) is 1. The summed E-state index contributed by atoms with van der Waals surface area (Å²) >= 11 is 1.63. The van der Waals surface area contributed by atoms with Gasteiger partial charge in [-0.25, -0.2) is 4.98 Å². The molecule has 0 bridgehead atoms. The quantitative estimate of drug-likeness (QED) is 0.823. The summed E-state index contributed by atoms with van der Waals surface area (Å²) in [6, 6.07) is 1.98. The summed E-state index contributed by atoms with van der Waals surface area (Å²) in [6.07, 6.45) is 4.60. The first-order chi connectivity index (χ1) is 13.1. The van der Waals surface area contributed by atoms with Crippen LogP contribution in [0.3, 0.4) is 0 Å². The van der Waals surface area contributed by atoms with Gasteiger partial charge in [-0.1, -0.05) is 0 Å². The summed E-state index contributed by atoms with van der Waals surface area (Å²) in [7, 11) is 0. The Balaban J connectivity index is 1.58. The summed E-state index contributed by atoms with van der Waals surface area (Å²) in [5, 5.41) is 6.13. The summed E-state index contributed by atoms with van der Waals surface area (Å²) in [6.45, 7) is 6.97. The molecule has 0 spiro atoms. The molecule has 1 amide bonds. The molecule has 4 rings (SSSR count). The molecule has 2 fully saturated rings. The number of aryl methyl sites for hydroxylation is 1.